The van der Waals surface area contributed by atoms with Crippen LogP contribution < -0.4 is 5.32 Å². The highest BCUT2D eigenvalue weighted by molar-refractivity contribution is 5.88. The first-order valence-electron chi connectivity index (χ1n) is 7.59. The molecule has 0 atom stereocenters. The molecule has 0 aliphatic carbocycles. The smallest absolute Gasteiger partial charge is 0.335 e. The van der Waals surface area contributed by atoms with Gasteiger partial charge in [0.05, 0.1) is 5.56 Å². The first kappa shape index (κ1) is 17.4. The molecule has 5 heteroatoms. The van der Waals surface area contributed by atoms with Gasteiger partial charge in [-0.25, -0.2) is 9.78 Å². The number of aromatic nitrogens is 1. The van der Waals surface area contributed by atoms with Gasteiger partial charge in [0.2, 0.25) is 0 Å². The van der Waals surface area contributed by atoms with Crippen LogP contribution in [0, 0.1) is 0 Å². The second-order valence-corrected chi connectivity index (χ2v) is 5.74. The lowest BCUT2D eigenvalue weighted by atomic mass is 10.2. The van der Waals surface area contributed by atoms with Crippen LogP contribution in [-0.2, 0) is 6.42 Å². The molecule has 0 aromatic carbocycles. The van der Waals surface area contributed by atoms with E-state index in [1.54, 1.807) is 12.1 Å². The quantitative estimate of drug-likeness (QED) is 0.771. The Morgan fingerprint density at radius 3 is 2.38 bits per heavy atom. The molecule has 0 aliphatic heterocycles. The van der Waals surface area contributed by atoms with Gasteiger partial charge in [0.1, 0.15) is 5.82 Å². The zero-order valence-corrected chi connectivity index (χ0v) is 13.7. The molecule has 2 N–H and O–H groups in total. The van der Waals surface area contributed by atoms with E-state index >= 15 is 0 Å². The summed E-state index contributed by atoms with van der Waals surface area (Å²) in [7, 11) is 0. The molecule has 118 valence electrons. The first-order chi connectivity index (χ1) is 9.85. The van der Waals surface area contributed by atoms with E-state index in [0.29, 0.717) is 17.9 Å². The van der Waals surface area contributed by atoms with Crippen molar-refractivity contribution in [1.82, 2.24) is 9.88 Å². The number of pyridine rings is 1. The summed E-state index contributed by atoms with van der Waals surface area (Å²) < 4.78 is 0. The summed E-state index contributed by atoms with van der Waals surface area (Å²) >= 11 is 0. The third kappa shape index (κ3) is 5.34. The van der Waals surface area contributed by atoms with Crippen LogP contribution in [0.2, 0.25) is 0 Å². The number of hydrogen-bond acceptors (Lipinski definition) is 4. The van der Waals surface area contributed by atoms with E-state index in [2.05, 4.69) is 42.9 Å². The maximum Gasteiger partial charge on any atom is 0.335 e. The Bertz CT molecular complexity index is 465. The summed E-state index contributed by atoms with van der Waals surface area (Å²) in [5.41, 5.74) is 1.08. The Morgan fingerprint density at radius 1 is 1.29 bits per heavy atom. The lowest BCUT2D eigenvalue weighted by molar-refractivity contribution is 0.0696. The largest absolute Gasteiger partial charge is 0.478 e. The maximum atomic E-state index is 11.1. The maximum absolute atomic E-state index is 11.1. The fourth-order valence-corrected chi connectivity index (χ4v) is 2.41. The molecule has 5 nitrogen and oxygen atoms in total. The van der Waals surface area contributed by atoms with Crippen LogP contribution in [-0.4, -0.2) is 46.1 Å². The molecule has 1 heterocycles. The number of carboxylic acid groups (broad SMARTS) is 1. The van der Waals surface area contributed by atoms with Gasteiger partial charge < -0.3 is 10.4 Å². The van der Waals surface area contributed by atoms with Crippen molar-refractivity contribution < 1.29 is 9.90 Å². The Labute approximate surface area is 127 Å². The number of carbonyl (C=O) groups is 1. The van der Waals surface area contributed by atoms with Gasteiger partial charge in [-0.15, -0.1) is 0 Å². The molecular formula is C16H27N3O2. The van der Waals surface area contributed by atoms with Crippen molar-refractivity contribution >= 4 is 11.8 Å². The average molecular weight is 293 g/mol. The first-order valence-corrected chi connectivity index (χ1v) is 7.59. The van der Waals surface area contributed by atoms with Gasteiger partial charge in [0, 0.05) is 30.9 Å². The summed E-state index contributed by atoms with van der Waals surface area (Å²) in [6.45, 7) is 12.3. The minimum atomic E-state index is -0.916. The molecule has 0 fully saturated rings. The zero-order chi connectivity index (χ0) is 16.0. The zero-order valence-electron chi connectivity index (χ0n) is 13.7. The summed E-state index contributed by atoms with van der Waals surface area (Å²) in [6, 6.07) is 4.19. The van der Waals surface area contributed by atoms with E-state index in [0.717, 1.165) is 25.2 Å². The van der Waals surface area contributed by atoms with Crippen LogP contribution in [0.25, 0.3) is 0 Å². The van der Waals surface area contributed by atoms with Crippen molar-refractivity contribution in [2.45, 2.75) is 53.1 Å². The summed E-state index contributed by atoms with van der Waals surface area (Å²) in [5.74, 6) is -0.277. The summed E-state index contributed by atoms with van der Waals surface area (Å²) in [4.78, 5) is 17.9. The predicted molar refractivity (Wildman–Crippen MR) is 86.0 cm³/mol. The number of aryl methyl sites for hydroxylation is 1. The highest BCUT2D eigenvalue weighted by Gasteiger charge is 2.13. The number of anilines is 1. The normalized spacial score (nSPS) is 11.4. The van der Waals surface area contributed by atoms with E-state index in [1.165, 1.54) is 0 Å². The number of rotatable bonds is 8. The van der Waals surface area contributed by atoms with Crippen molar-refractivity contribution in [1.29, 1.82) is 0 Å². The van der Waals surface area contributed by atoms with Gasteiger partial charge >= 0.3 is 5.97 Å². The van der Waals surface area contributed by atoms with Gasteiger partial charge in [-0.1, -0.05) is 6.92 Å². The summed E-state index contributed by atoms with van der Waals surface area (Å²) in [6.07, 6.45) is 0.722. The van der Waals surface area contributed by atoms with E-state index in [4.69, 9.17) is 5.11 Å². The van der Waals surface area contributed by atoms with Crippen molar-refractivity contribution in [2.24, 2.45) is 0 Å². The van der Waals surface area contributed by atoms with E-state index in [1.807, 2.05) is 6.92 Å². The van der Waals surface area contributed by atoms with E-state index in [9.17, 15) is 4.79 Å². The third-order valence-electron chi connectivity index (χ3n) is 3.49. The van der Waals surface area contributed by atoms with Crippen molar-refractivity contribution in [3.8, 4) is 0 Å². The monoisotopic (exact) mass is 293 g/mol. The fraction of sp³-hybridized carbons (Fsp3) is 0.625. The van der Waals surface area contributed by atoms with Gasteiger partial charge in [-0.05, 0) is 46.2 Å². The minimum Gasteiger partial charge on any atom is -0.478 e. The molecule has 0 spiro atoms. The number of aromatic carboxylic acids is 1. The SMILES string of the molecule is CCc1cc(C(=O)O)cc(NCCN(C(C)C)C(C)C)n1. The molecule has 0 saturated heterocycles. The van der Waals surface area contributed by atoms with Crippen LogP contribution in [0.4, 0.5) is 5.82 Å². The van der Waals surface area contributed by atoms with Gasteiger partial charge in [0.15, 0.2) is 0 Å². The van der Waals surface area contributed by atoms with Gasteiger partial charge in [-0.2, -0.15) is 0 Å². The average Bonchev–Trinajstić information content (AvgIpc) is 2.42. The standard InChI is InChI=1S/C16H27N3O2/c1-6-14-9-13(16(20)21)10-15(18-14)17-7-8-19(11(2)3)12(4)5/h9-12H,6-8H2,1-5H3,(H,17,18)(H,20,21). The second kappa shape index (κ2) is 7.98. The highest BCUT2D eigenvalue weighted by atomic mass is 16.4. The number of hydrogen-bond donors (Lipinski definition) is 2. The number of nitrogens with zero attached hydrogens (tertiary/aromatic N) is 2. The molecule has 0 radical (unpaired) electrons. The van der Waals surface area contributed by atoms with E-state index < -0.39 is 5.97 Å². The molecule has 0 saturated carbocycles. The Kier molecular flexibility index (Phi) is 6.62. The van der Waals surface area contributed by atoms with Gasteiger partial charge in [0.25, 0.3) is 0 Å². The van der Waals surface area contributed by atoms with Crippen LogP contribution in [0.5, 0.6) is 0 Å². The Morgan fingerprint density at radius 2 is 1.90 bits per heavy atom. The van der Waals surface area contributed by atoms with Crippen molar-refractivity contribution in [2.75, 3.05) is 18.4 Å². The summed E-state index contributed by atoms with van der Waals surface area (Å²) in [5, 5.41) is 12.4. The van der Waals surface area contributed by atoms with E-state index in [-0.39, 0.29) is 5.56 Å². The Hall–Kier alpha value is -1.62. The fourth-order valence-electron chi connectivity index (χ4n) is 2.41. The molecular weight excluding hydrogens is 266 g/mol. The molecule has 0 unspecified atom stereocenters. The molecule has 1 aromatic rings. The van der Waals surface area contributed by atoms with Crippen molar-refractivity contribution in [3.63, 3.8) is 0 Å². The molecule has 0 bridgehead atoms. The van der Waals surface area contributed by atoms with Crippen LogP contribution in [0.15, 0.2) is 12.1 Å². The predicted octanol–water partition coefficient (Wildman–Crippen LogP) is 2.87. The molecule has 1 rings (SSSR count). The number of carboxylic acids is 1. The lowest BCUT2D eigenvalue weighted by Crippen LogP contribution is -2.40. The highest BCUT2D eigenvalue weighted by Crippen LogP contribution is 2.12. The Balaban J connectivity index is 2.70. The lowest BCUT2D eigenvalue weighted by Gasteiger charge is -2.30. The molecule has 1 aromatic heterocycles. The molecule has 0 amide bonds. The molecule has 21 heavy (non-hydrogen) atoms. The van der Waals surface area contributed by atoms with Crippen LogP contribution >= 0.6 is 0 Å². The van der Waals surface area contributed by atoms with Crippen LogP contribution in [0.3, 0.4) is 0 Å². The van der Waals surface area contributed by atoms with Crippen LogP contribution in [0.1, 0.15) is 50.7 Å². The molecule has 0 aliphatic rings. The third-order valence-corrected chi connectivity index (χ3v) is 3.49. The second-order valence-electron chi connectivity index (χ2n) is 5.74. The number of nitrogens with one attached hydrogen (secondary N) is 1. The minimum absolute atomic E-state index is 0.286. The van der Waals surface area contributed by atoms with Crippen molar-refractivity contribution in [3.05, 3.63) is 23.4 Å². The topological polar surface area (TPSA) is 65.5 Å². The van der Waals surface area contributed by atoms with Gasteiger partial charge in [-0.3, -0.25) is 4.90 Å².